The first kappa shape index (κ1) is 19.1. The van der Waals surface area contributed by atoms with Crippen LogP contribution in [0.3, 0.4) is 0 Å². The molecule has 148 valence electrons. The van der Waals surface area contributed by atoms with Crippen molar-refractivity contribution in [2.75, 3.05) is 0 Å². The van der Waals surface area contributed by atoms with E-state index in [2.05, 4.69) is 15.1 Å². The number of thiophene rings is 1. The molecule has 8 heteroatoms. The fourth-order valence-electron chi connectivity index (χ4n) is 3.18. The van der Waals surface area contributed by atoms with Gasteiger partial charge in [0, 0.05) is 39.5 Å². The number of hydrogen-bond acceptors (Lipinski definition) is 7. The summed E-state index contributed by atoms with van der Waals surface area (Å²) in [6, 6.07) is 9.45. The zero-order valence-electron chi connectivity index (χ0n) is 16.0. The van der Waals surface area contributed by atoms with E-state index in [9.17, 15) is 9.59 Å². The molecule has 4 rings (SSSR count). The van der Waals surface area contributed by atoms with Crippen LogP contribution in [0.5, 0.6) is 0 Å². The van der Waals surface area contributed by atoms with Crippen LogP contribution in [0.25, 0.3) is 22.3 Å². The summed E-state index contributed by atoms with van der Waals surface area (Å²) in [4.78, 5) is 32.5. The number of benzene rings is 1. The first-order chi connectivity index (χ1) is 14.0. The number of ether oxygens (including phenoxy) is 1. The summed E-state index contributed by atoms with van der Waals surface area (Å²) in [5.74, 6) is 0.132. The van der Waals surface area contributed by atoms with Gasteiger partial charge < -0.3 is 14.2 Å². The molecule has 4 aromatic rings. The van der Waals surface area contributed by atoms with Crippen LogP contribution in [0, 0.1) is 6.92 Å². The van der Waals surface area contributed by atoms with Crippen molar-refractivity contribution in [1.82, 2.24) is 15.1 Å². The number of carbonyl (C=O) groups excluding carboxylic acids is 2. The van der Waals surface area contributed by atoms with Gasteiger partial charge in [0.05, 0.1) is 6.42 Å². The van der Waals surface area contributed by atoms with Crippen molar-refractivity contribution in [3.8, 4) is 11.4 Å². The Morgan fingerprint density at radius 1 is 1.28 bits per heavy atom. The van der Waals surface area contributed by atoms with Gasteiger partial charge in [-0.05, 0) is 31.4 Å². The Kier molecular flexibility index (Phi) is 5.26. The highest BCUT2D eigenvalue weighted by Crippen LogP contribution is 2.24. The maximum Gasteiger partial charge on any atom is 0.307 e. The number of esters is 1. The van der Waals surface area contributed by atoms with Gasteiger partial charge in [0.2, 0.25) is 17.5 Å². The highest BCUT2D eigenvalue weighted by atomic mass is 32.1. The molecule has 0 bridgehead atoms. The molecule has 0 fully saturated rings. The van der Waals surface area contributed by atoms with E-state index in [1.807, 2.05) is 48.0 Å². The number of fused-ring (bicyclic) bond motifs is 1. The minimum Gasteiger partial charge on any atom is -0.454 e. The molecule has 0 unspecified atom stereocenters. The maximum absolute atomic E-state index is 12.8. The average Bonchev–Trinajstić information content (AvgIpc) is 3.44. The second-order valence-corrected chi connectivity index (χ2v) is 7.47. The molecule has 3 aromatic heterocycles. The smallest absolute Gasteiger partial charge is 0.307 e. The van der Waals surface area contributed by atoms with Crippen LogP contribution >= 0.6 is 11.3 Å². The van der Waals surface area contributed by atoms with Gasteiger partial charge >= 0.3 is 5.97 Å². The third kappa shape index (κ3) is 3.97. The third-order valence-electron chi connectivity index (χ3n) is 4.61. The minimum absolute atomic E-state index is 0.0513. The Bertz CT molecular complexity index is 1160. The van der Waals surface area contributed by atoms with Crippen LogP contribution in [-0.4, -0.2) is 33.0 Å². The molecular formula is C21H19N3O4S. The lowest BCUT2D eigenvalue weighted by Gasteiger charge is -2.12. The molecule has 0 saturated heterocycles. The average molecular weight is 409 g/mol. The molecule has 1 aromatic carbocycles. The van der Waals surface area contributed by atoms with Crippen LogP contribution in [0.1, 0.15) is 35.3 Å². The number of aryl methyl sites for hydroxylation is 2. The minimum atomic E-state index is -0.885. The molecule has 0 amide bonds. The summed E-state index contributed by atoms with van der Waals surface area (Å²) in [5, 5.41) is 8.58. The predicted octanol–water partition coefficient (Wildman–Crippen LogP) is 4.34. The van der Waals surface area contributed by atoms with Crippen molar-refractivity contribution in [3.63, 3.8) is 0 Å². The lowest BCUT2D eigenvalue weighted by Crippen LogP contribution is -2.25. The largest absolute Gasteiger partial charge is 0.454 e. The maximum atomic E-state index is 12.8. The molecular weight excluding hydrogens is 390 g/mol. The van der Waals surface area contributed by atoms with Gasteiger partial charge in [0.15, 0.2) is 6.10 Å². The van der Waals surface area contributed by atoms with E-state index in [4.69, 9.17) is 9.26 Å². The van der Waals surface area contributed by atoms with E-state index in [1.54, 1.807) is 18.3 Å². The second kappa shape index (κ2) is 8.00. The number of nitrogens with zero attached hydrogens (tertiary/aromatic N) is 2. The van der Waals surface area contributed by atoms with E-state index in [0.717, 1.165) is 22.2 Å². The highest BCUT2D eigenvalue weighted by Gasteiger charge is 2.24. The summed E-state index contributed by atoms with van der Waals surface area (Å²) in [7, 11) is 0. The Morgan fingerprint density at radius 2 is 2.10 bits per heavy atom. The first-order valence-corrected chi connectivity index (χ1v) is 10.1. The standard InChI is InChI=1S/C21H19N3O4S/c1-12-19(15-5-3-4-6-16(15)22-12)20(26)13(2)27-18(25)8-7-17-23-21(24-28-17)14-9-10-29-11-14/h3-6,9-11,13,22H,7-8H2,1-2H3/t13-/m1/s1. The van der Waals surface area contributed by atoms with E-state index in [1.165, 1.54) is 0 Å². The zero-order chi connectivity index (χ0) is 20.4. The lowest BCUT2D eigenvalue weighted by molar-refractivity contribution is -0.146. The number of nitrogens with one attached hydrogen (secondary N) is 1. The van der Waals surface area contributed by atoms with Gasteiger partial charge in [-0.25, -0.2) is 0 Å². The summed E-state index contributed by atoms with van der Waals surface area (Å²) < 4.78 is 10.5. The lowest BCUT2D eigenvalue weighted by atomic mass is 10.0. The molecule has 1 N–H and O–H groups in total. The number of para-hydroxylation sites is 1. The predicted molar refractivity (Wildman–Crippen MR) is 109 cm³/mol. The van der Waals surface area contributed by atoms with E-state index < -0.39 is 12.1 Å². The van der Waals surface area contributed by atoms with Crippen LogP contribution < -0.4 is 0 Å². The Labute approximate surface area is 170 Å². The number of aromatic nitrogens is 3. The van der Waals surface area contributed by atoms with Gasteiger partial charge in [-0.2, -0.15) is 16.3 Å². The van der Waals surface area contributed by atoms with Gasteiger partial charge in [0.25, 0.3) is 0 Å². The Morgan fingerprint density at radius 3 is 2.90 bits per heavy atom. The molecule has 1 atom stereocenters. The third-order valence-corrected chi connectivity index (χ3v) is 5.29. The Hall–Kier alpha value is -3.26. The molecule has 3 heterocycles. The number of aromatic amines is 1. The fourth-order valence-corrected chi connectivity index (χ4v) is 3.82. The molecule has 7 nitrogen and oxygen atoms in total. The molecule has 0 aliphatic heterocycles. The zero-order valence-corrected chi connectivity index (χ0v) is 16.8. The molecule has 0 saturated carbocycles. The number of hydrogen-bond donors (Lipinski definition) is 1. The van der Waals surface area contributed by atoms with Crippen molar-refractivity contribution in [3.05, 3.63) is 58.2 Å². The number of H-pyrrole nitrogens is 1. The fraction of sp³-hybridized carbons (Fsp3) is 0.238. The van der Waals surface area contributed by atoms with Crippen LogP contribution in [0.2, 0.25) is 0 Å². The summed E-state index contributed by atoms with van der Waals surface area (Å²) >= 11 is 1.54. The van der Waals surface area contributed by atoms with E-state index in [-0.39, 0.29) is 18.6 Å². The van der Waals surface area contributed by atoms with Crippen LogP contribution in [-0.2, 0) is 16.0 Å². The summed E-state index contributed by atoms with van der Waals surface area (Å²) in [6.45, 7) is 3.42. The number of carbonyl (C=O) groups is 2. The number of Topliss-reactive ketones (excluding diaryl/α,β-unsaturated/α-hetero) is 1. The summed E-state index contributed by atoms with van der Waals surface area (Å²) in [6.07, 6.45) is -0.580. The quantitative estimate of drug-likeness (QED) is 0.360. The van der Waals surface area contributed by atoms with Crippen molar-refractivity contribution >= 4 is 34.0 Å². The van der Waals surface area contributed by atoms with E-state index >= 15 is 0 Å². The number of rotatable bonds is 7. The number of ketones is 1. The second-order valence-electron chi connectivity index (χ2n) is 6.69. The van der Waals surface area contributed by atoms with Gasteiger partial charge in [-0.1, -0.05) is 23.4 Å². The topological polar surface area (TPSA) is 98.1 Å². The van der Waals surface area contributed by atoms with Crippen LogP contribution in [0.4, 0.5) is 0 Å². The van der Waals surface area contributed by atoms with Crippen LogP contribution in [0.15, 0.2) is 45.6 Å². The van der Waals surface area contributed by atoms with Gasteiger partial charge in [0.1, 0.15) is 0 Å². The van der Waals surface area contributed by atoms with E-state index in [0.29, 0.717) is 17.3 Å². The molecule has 0 aliphatic carbocycles. The molecule has 0 spiro atoms. The van der Waals surface area contributed by atoms with Crippen molar-refractivity contribution < 1.29 is 18.8 Å². The monoisotopic (exact) mass is 409 g/mol. The Balaban J connectivity index is 1.37. The molecule has 0 radical (unpaired) electrons. The normalized spacial score (nSPS) is 12.2. The van der Waals surface area contributed by atoms with Crippen molar-refractivity contribution in [2.24, 2.45) is 0 Å². The van der Waals surface area contributed by atoms with Gasteiger partial charge in [-0.15, -0.1) is 0 Å². The SMILES string of the molecule is Cc1[nH]c2ccccc2c1C(=O)[C@@H](C)OC(=O)CCc1nc(-c2ccsc2)no1. The highest BCUT2D eigenvalue weighted by molar-refractivity contribution is 7.08. The van der Waals surface area contributed by atoms with Crippen molar-refractivity contribution in [2.45, 2.75) is 32.8 Å². The first-order valence-electron chi connectivity index (χ1n) is 9.19. The summed E-state index contributed by atoms with van der Waals surface area (Å²) in [5.41, 5.74) is 3.06. The van der Waals surface area contributed by atoms with Crippen molar-refractivity contribution in [1.29, 1.82) is 0 Å². The molecule has 0 aliphatic rings. The molecule has 29 heavy (non-hydrogen) atoms. The van der Waals surface area contributed by atoms with Gasteiger partial charge in [-0.3, -0.25) is 9.59 Å².